The van der Waals surface area contributed by atoms with Crippen LogP contribution in [0.4, 0.5) is 4.39 Å². The van der Waals surface area contributed by atoms with Crippen molar-refractivity contribution in [3.05, 3.63) is 41.7 Å². The molecule has 126 valence electrons. The number of ether oxygens (including phenoxy) is 1. The second-order valence-corrected chi connectivity index (χ2v) is 6.06. The van der Waals surface area contributed by atoms with E-state index in [2.05, 4.69) is 24.8 Å². The van der Waals surface area contributed by atoms with E-state index in [0.717, 1.165) is 32.6 Å². The molecular weight excluding hydrogens is 295 g/mol. The number of amides is 1. The molecule has 2 rings (SSSR count). The lowest BCUT2D eigenvalue weighted by Crippen LogP contribution is -2.38. The van der Waals surface area contributed by atoms with Crippen molar-refractivity contribution in [1.29, 1.82) is 0 Å². The molecule has 0 saturated carbocycles. The molecule has 1 amide bonds. The third kappa shape index (κ3) is 6.02. The average Bonchev–Trinajstić information content (AvgIpc) is 2.76. The van der Waals surface area contributed by atoms with Gasteiger partial charge in [0.15, 0.2) is 6.61 Å². The zero-order valence-electron chi connectivity index (χ0n) is 13.9. The number of halogens is 1. The summed E-state index contributed by atoms with van der Waals surface area (Å²) in [4.78, 5) is 16.4. The summed E-state index contributed by atoms with van der Waals surface area (Å²) in [7, 11) is 0. The predicted molar refractivity (Wildman–Crippen MR) is 89.0 cm³/mol. The molecule has 1 aromatic carbocycles. The quantitative estimate of drug-likeness (QED) is 0.782. The van der Waals surface area contributed by atoms with Crippen LogP contribution in [0.1, 0.15) is 20.3 Å². The van der Waals surface area contributed by atoms with E-state index < -0.39 is 0 Å². The maximum absolute atomic E-state index is 13.1. The van der Waals surface area contributed by atoms with Crippen molar-refractivity contribution in [3.8, 4) is 5.75 Å². The summed E-state index contributed by atoms with van der Waals surface area (Å²) >= 11 is 0. The molecule has 4 nitrogen and oxygen atoms in total. The molecule has 0 aliphatic carbocycles. The first-order valence-corrected chi connectivity index (χ1v) is 8.06. The van der Waals surface area contributed by atoms with E-state index >= 15 is 0 Å². The first-order chi connectivity index (χ1) is 11.0. The van der Waals surface area contributed by atoms with Crippen molar-refractivity contribution < 1.29 is 13.9 Å². The van der Waals surface area contributed by atoms with Gasteiger partial charge in [-0.1, -0.05) is 17.7 Å². The Morgan fingerprint density at radius 3 is 2.83 bits per heavy atom. The Morgan fingerprint density at radius 1 is 1.26 bits per heavy atom. The molecule has 0 bridgehead atoms. The van der Waals surface area contributed by atoms with E-state index in [0.29, 0.717) is 12.3 Å². The van der Waals surface area contributed by atoms with E-state index in [-0.39, 0.29) is 18.3 Å². The van der Waals surface area contributed by atoms with Gasteiger partial charge in [0.2, 0.25) is 0 Å². The SMILES string of the molecule is CC(C)=CCN1CCCN(C(=O)COc2cccc(F)c2)CC1. The van der Waals surface area contributed by atoms with Crippen LogP contribution in [0.5, 0.6) is 5.75 Å². The fraction of sp³-hybridized carbons (Fsp3) is 0.500. The summed E-state index contributed by atoms with van der Waals surface area (Å²) in [5, 5.41) is 0. The van der Waals surface area contributed by atoms with Crippen LogP contribution in [-0.4, -0.2) is 55.0 Å². The molecule has 0 atom stereocenters. The average molecular weight is 320 g/mol. The fourth-order valence-electron chi connectivity index (χ4n) is 2.51. The molecule has 0 aromatic heterocycles. The minimum atomic E-state index is -0.361. The number of rotatable bonds is 5. The Balaban J connectivity index is 1.80. The number of carbonyl (C=O) groups excluding carboxylic acids is 1. The second-order valence-electron chi connectivity index (χ2n) is 6.06. The van der Waals surface area contributed by atoms with Crippen molar-refractivity contribution >= 4 is 5.91 Å². The molecule has 23 heavy (non-hydrogen) atoms. The normalized spacial score (nSPS) is 15.9. The molecular formula is C18H25FN2O2. The molecule has 1 aliphatic rings. The molecule has 1 saturated heterocycles. The molecule has 1 heterocycles. The first kappa shape index (κ1) is 17.5. The van der Waals surface area contributed by atoms with Crippen LogP contribution < -0.4 is 4.74 Å². The molecule has 5 heteroatoms. The number of nitrogens with zero attached hydrogens (tertiary/aromatic N) is 2. The van der Waals surface area contributed by atoms with Gasteiger partial charge < -0.3 is 9.64 Å². The van der Waals surface area contributed by atoms with Crippen LogP contribution in [0.3, 0.4) is 0 Å². The number of hydrogen-bond acceptors (Lipinski definition) is 3. The highest BCUT2D eigenvalue weighted by atomic mass is 19.1. The molecule has 0 unspecified atom stereocenters. The van der Waals surface area contributed by atoms with Crippen molar-refractivity contribution in [2.45, 2.75) is 20.3 Å². The van der Waals surface area contributed by atoms with Crippen molar-refractivity contribution in [2.75, 3.05) is 39.3 Å². The monoisotopic (exact) mass is 320 g/mol. The third-order valence-electron chi connectivity index (χ3n) is 3.86. The van der Waals surface area contributed by atoms with Gasteiger partial charge in [0, 0.05) is 38.8 Å². The highest BCUT2D eigenvalue weighted by Crippen LogP contribution is 2.12. The van der Waals surface area contributed by atoms with Crippen molar-refractivity contribution in [1.82, 2.24) is 9.80 Å². The van der Waals surface area contributed by atoms with Gasteiger partial charge in [0.1, 0.15) is 11.6 Å². The topological polar surface area (TPSA) is 32.8 Å². The summed E-state index contributed by atoms with van der Waals surface area (Å²) in [6.45, 7) is 8.41. The zero-order valence-corrected chi connectivity index (χ0v) is 13.9. The predicted octanol–water partition coefficient (Wildman–Crippen LogP) is 2.71. The lowest BCUT2D eigenvalue weighted by Gasteiger charge is -2.21. The lowest BCUT2D eigenvalue weighted by atomic mass is 10.3. The maximum atomic E-state index is 13.1. The smallest absolute Gasteiger partial charge is 0.260 e. The van der Waals surface area contributed by atoms with E-state index in [4.69, 9.17) is 4.74 Å². The summed E-state index contributed by atoms with van der Waals surface area (Å²) in [6, 6.07) is 5.86. The zero-order chi connectivity index (χ0) is 16.7. The van der Waals surface area contributed by atoms with E-state index in [1.54, 1.807) is 12.1 Å². The lowest BCUT2D eigenvalue weighted by molar-refractivity contribution is -0.133. The molecule has 0 spiro atoms. The Hall–Kier alpha value is -1.88. The molecule has 1 fully saturated rings. The Labute approximate surface area is 137 Å². The van der Waals surface area contributed by atoms with Crippen molar-refractivity contribution in [2.24, 2.45) is 0 Å². The summed E-state index contributed by atoms with van der Waals surface area (Å²) in [5.74, 6) is -0.0173. The Bertz CT molecular complexity index is 556. The standard InChI is InChI=1S/C18H25FN2O2/c1-15(2)7-10-20-8-4-9-21(12-11-20)18(22)14-23-17-6-3-5-16(19)13-17/h3,5-7,13H,4,8-12,14H2,1-2H3. The summed E-state index contributed by atoms with van der Waals surface area (Å²) in [6.07, 6.45) is 3.17. The van der Waals surface area contributed by atoms with Gasteiger partial charge in [-0.3, -0.25) is 9.69 Å². The van der Waals surface area contributed by atoms with Crippen LogP contribution in [0.25, 0.3) is 0 Å². The van der Waals surface area contributed by atoms with Crippen LogP contribution in [0.2, 0.25) is 0 Å². The largest absolute Gasteiger partial charge is 0.484 e. The van der Waals surface area contributed by atoms with Gasteiger partial charge in [-0.05, 0) is 32.4 Å². The summed E-state index contributed by atoms with van der Waals surface area (Å²) in [5.41, 5.74) is 1.31. The number of allylic oxidation sites excluding steroid dienone is 1. The van der Waals surface area contributed by atoms with Gasteiger partial charge in [-0.25, -0.2) is 4.39 Å². The Kier molecular flexibility index (Phi) is 6.59. The molecule has 0 radical (unpaired) electrons. The highest BCUT2D eigenvalue weighted by molar-refractivity contribution is 5.77. The maximum Gasteiger partial charge on any atom is 0.260 e. The van der Waals surface area contributed by atoms with Crippen molar-refractivity contribution in [3.63, 3.8) is 0 Å². The highest BCUT2D eigenvalue weighted by Gasteiger charge is 2.19. The number of benzene rings is 1. The van der Waals surface area contributed by atoms with E-state index in [1.165, 1.54) is 17.7 Å². The van der Waals surface area contributed by atoms with E-state index in [9.17, 15) is 9.18 Å². The number of carbonyl (C=O) groups is 1. The Morgan fingerprint density at radius 2 is 2.09 bits per heavy atom. The van der Waals surface area contributed by atoms with Gasteiger partial charge in [0.05, 0.1) is 0 Å². The van der Waals surface area contributed by atoms with E-state index in [1.807, 2.05) is 4.90 Å². The van der Waals surface area contributed by atoms with Gasteiger partial charge in [0.25, 0.3) is 5.91 Å². The first-order valence-electron chi connectivity index (χ1n) is 8.06. The van der Waals surface area contributed by atoms with Crippen LogP contribution >= 0.6 is 0 Å². The third-order valence-corrected chi connectivity index (χ3v) is 3.86. The minimum absolute atomic E-state index is 0.0432. The van der Waals surface area contributed by atoms with Gasteiger partial charge in [-0.2, -0.15) is 0 Å². The van der Waals surface area contributed by atoms with Gasteiger partial charge >= 0.3 is 0 Å². The van der Waals surface area contributed by atoms with Crippen LogP contribution in [-0.2, 0) is 4.79 Å². The van der Waals surface area contributed by atoms with Crippen LogP contribution in [0.15, 0.2) is 35.9 Å². The summed E-state index contributed by atoms with van der Waals surface area (Å²) < 4.78 is 18.5. The number of hydrogen-bond donors (Lipinski definition) is 0. The molecule has 0 N–H and O–H groups in total. The fourth-order valence-corrected chi connectivity index (χ4v) is 2.51. The molecule has 1 aliphatic heterocycles. The molecule has 1 aromatic rings. The minimum Gasteiger partial charge on any atom is -0.484 e. The second kappa shape index (κ2) is 8.67. The van der Waals surface area contributed by atoms with Gasteiger partial charge in [-0.15, -0.1) is 0 Å². The van der Waals surface area contributed by atoms with Crippen LogP contribution in [0, 0.1) is 5.82 Å².